The van der Waals surface area contributed by atoms with Crippen LogP contribution in [0.15, 0.2) is 40.5 Å². The highest BCUT2D eigenvalue weighted by Crippen LogP contribution is 2.33. The number of non-ortho nitro benzene ring substituents is 1. The summed E-state index contributed by atoms with van der Waals surface area (Å²) < 4.78 is 5.40. The summed E-state index contributed by atoms with van der Waals surface area (Å²) in [5.74, 6) is 0.704. The Labute approximate surface area is 139 Å². The minimum atomic E-state index is -0.505. The Morgan fingerprint density at radius 1 is 1.42 bits per heavy atom. The van der Waals surface area contributed by atoms with Gasteiger partial charge in [0.2, 0.25) is 0 Å². The van der Waals surface area contributed by atoms with Gasteiger partial charge in [0, 0.05) is 12.1 Å². The van der Waals surface area contributed by atoms with E-state index in [1.165, 1.54) is 12.1 Å². The van der Waals surface area contributed by atoms with E-state index in [-0.39, 0.29) is 5.69 Å². The zero-order valence-corrected chi connectivity index (χ0v) is 13.6. The van der Waals surface area contributed by atoms with E-state index < -0.39 is 16.9 Å². The van der Waals surface area contributed by atoms with Crippen molar-refractivity contribution < 1.29 is 14.5 Å². The number of allylic oxidation sites excluding steroid dienone is 1. The summed E-state index contributed by atoms with van der Waals surface area (Å²) in [4.78, 5) is 27.4. The number of amidine groups is 1. The first-order chi connectivity index (χ1) is 11.5. The molecule has 7 heteroatoms. The van der Waals surface area contributed by atoms with Gasteiger partial charge in [0.05, 0.1) is 34.7 Å². The molecule has 1 N–H and O–H groups in total. The van der Waals surface area contributed by atoms with E-state index in [9.17, 15) is 14.9 Å². The molecule has 0 radical (unpaired) electrons. The van der Waals surface area contributed by atoms with Gasteiger partial charge in [0.1, 0.15) is 0 Å². The lowest BCUT2D eigenvalue weighted by molar-refractivity contribution is -0.384. The lowest BCUT2D eigenvalue weighted by Crippen LogP contribution is -2.35. The van der Waals surface area contributed by atoms with Crippen LogP contribution in [0.4, 0.5) is 5.69 Å². The second-order valence-corrected chi connectivity index (χ2v) is 6.17. The van der Waals surface area contributed by atoms with Gasteiger partial charge < -0.3 is 10.1 Å². The molecule has 1 aliphatic heterocycles. The number of nitro benzene ring substituents is 1. The van der Waals surface area contributed by atoms with Gasteiger partial charge in [-0.1, -0.05) is 12.1 Å². The van der Waals surface area contributed by atoms with Crippen molar-refractivity contribution in [2.45, 2.75) is 32.7 Å². The first-order valence-electron chi connectivity index (χ1n) is 7.90. The van der Waals surface area contributed by atoms with Crippen molar-refractivity contribution in [3.05, 3.63) is 51.2 Å². The first kappa shape index (κ1) is 16.2. The predicted octanol–water partition coefficient (Wildman–Crippen LogP) is 2.88. The standard InChI is InChI=1S/C17H19N3O4/c1-10-15(17(21)24-9-12-6-7-12)16(19-11(2)18-10)13-4-3-5-14(8-13)20(22)23/h3-5,8,12,16H,6-7,9H2,1-2H3,(H,18,19). The van der Waals surface area contributed by atoms with Crippen molar-refractivity contribution in [2.24, 2.45) is 10.9 Å². The topological polar surface area (TPSA) is 93.8 Å². The number of aliphatic imine (C=N–C) groups is 1. The molecule has 1 heterocycles. The smallest absolute Gasteiger partial charge is 0.338 e. The molecule has 0 amide bonds. The molecule has 1 aromatic rings. The predicted molar refractivity (Wildman–Crippen MR) is 88.5 cm³/mol. The number of nitrogens with one attached hydrogen (secondary N) is 1. The van der Waals surface area contributed by atoms with Crippen LogP contribution in [0.5, 0.6) is 0 Å². The van der Waals surface area contributed by atoms with Gasteiger partial charge in [0.15, 0.2) is 0 Å². The Balaban J connectivity index is 1.92. The monoisotopic (exact) mass is 329 g/mol. The van der Waals surface area contributed by atoms with Gasteiger partial charge in [-0.2, -0.15) is 0 Å². The average Bonchev–Trinajstić information content (AvgIpc) is 3.36. The van der Waals surface area contributed by atoms with E-state index in [4.69, 9.17) is 4.74 Å². The number of nitro groups is 1. The quantitative estimate of drug-likeness (QED) is 0.509. The zero-order valence-electron chi connectivity index (χ0n) is 13.6. The second-order valence-electron chi connectivity index (χ2n) is 6.17. The molecule has 1 aromatic carbocycles. The number of ether oxygens (including phenoxy) is 1. The summed E-state index contributed by atoms with van der Waals surface area (Å²) in [6.07, 6.45) is 2.18. The minimum Gasteiger partial charge on any atom is -0.462 e. The molecule has 1 unspecified atom stereocenters. The maximum atomic E-state index is 12.5. The molecule has 126 valence electrons. The Bertz CT molecular complexity index is 750. The molecular weight excluding hydrogens is 310 g/mol. The fourth-order valence-corrected chi connectivity index (χ4v) is 2.72. The summed E-state index contributed by atoms with van der Waals surface area (Å²) in [7, 11) is 0. The van der Waals surface area contributed by atoms with Crippen molar-refractivity contribution in [1.29, 1.82) is 0 Å². The third-order valence-electron chi connectivity index (χ3n) is 4.15. The maximum absolute atomic E-state index is 12.5. The summed E-state index contributed by atoms with van der Waals surface area (Å²) in [6.45, 7) is 3.96. The second kappa shape index (κ2) is 6.43. The van der Waals surface area contributed by atoms with Crippen LogP contribution >= 0.6 is 0 Å². The molecule has 1 atom stereocenters. The number of esters is 1. The molecular formula is C17H19N3O4. The Kier molecular flexibility index (Phi) is 4.33. The molecule has 1 fully saturated rings. The van der Waals surface area contributed by atoms with E-state index >= 15 is 0 Å². The highest BCUT2D eigenvalue weighted by molar-refractivity contribution is 5.95. The van der Waals surface area contributed by atoms with Crippen molar-refractivity contribution in [2.75, 3.05) is 6.61 Å². The van der Waals surface area contributed by atoms with Gasteiger partial charge in [-0.05, 0) is 38.2 Å². The van der Waals surface area contributed by atoms with Gasteiger partial charge in [-0.25, -0.2) is 9.79 Å². The largest absolute Gasteiger partial charge is 0.462 e. The lowest BCUT2D eigenvalue weighted by Gasteiger charge is -2.26. The summed E-state index contributed by atoms with van der Waals surface area (Å²) >= 11 is 0. The minimum absolute atomic E-state index is 0.0159. The van der Waals surface area contributed by atoms with Gasteiger partial charge in [-0.15, -0.1) is 0 Å². The molecule has 0 bridgehead atoms. The number of hydrogen-bond donors (Lipinski definition) is 1. The van der Waals surface area contributed by atoms with Crippen LogP contribution in [0.3, 0.4) is 0 Å². The van der Waals surface area contributed by atoms with Crippen molar-refractivity contribution in [3.63, 3.8) is 0 Å². The number of rotatable bonds is 5. The number of nitrogens with zero attached hydrogens (tertiary/aromatic N) is 2. The normalized spacial score (nSPS) is 20.2. The molecule has 3 rings (SSSR count). The maximum Gasteiger partial charge on any atom is 0.338 e. The fourth-order valence-electron chi connectivity index (χ4n) is 2.72. The molecule has 0 saturated heterocycles. The first-order valence-corrected chi connectivity index (χ1v) is 7.90. The van der Waals surface area contributed by atoms with Gasteiger partial charge in [0.25, 0.3) is 5.69 Å². The molecule has 1 aliphatic carbocycles. The van der Waals surface area contributed by atoms with Crippen LogP contribution in [-0.2, 0) is 9.53 Å². The molecule has 24 heavy (non-hydrogen) atoms. The van der Waals surface area contributed by atoms with Crippen LogP contribution in [-0.4, -0.2) is 23.3 Å². The third kappa shape index (κ3) is 3.45. The van der Waals surface area contributed by atoms with E-state index in [0.717, 1.165) is 12.8 Å². The van der Waals surface area contributed by atoms with Crippen LogP contribution in [0, 0.1) is 16.0 Å². The number of benzene rings is 1. The number of carbonyl (C=O) groups excluding carboxylic acids is 1. The summed E-state index contributed by atoms with van der Waals surface area (Å²) in [5, 5.41) is 14.2. The molecule has 0 aromatic heterocycles. The highest BCUT2D eigenvalue weighted by Gasteiger charge is 2.32. The van der Waals surface area contributed by atoms with Crippen LogP contribution < -0.4 is 5.32 Å². The average molecular weight is 329 g/mol. The highest BCUT2D eigenvalue weighted by atomic mass is 16.6. The van der Waals surface area contributed by atoms with Crippen LogP contribution in [0.1, 0.15) is 38.3 Å². The van der Waals surface area contributed by atoms with Crippen LogP contribution in [0.2, 0.25) is 0 Å². The van der Waals surface area contributed by atoms with Crippen molar-refractivity contribution in [1.82, 2.24) is 5.32 Å². The molecule has 1 saturated carbocycles. The Hall–Kier alpha value is -2.70. The van der Waals surface area contributed by atoms with E-state index in [2.05, 4.69) is 10.3 Å². The van der Waals surface area contributed by atoms with Gasteiger partial charge in [-0.3, -0.25) is 10.1 Å². The molecule has 0 spiro atoms. The number of carbonyl (C=O) groups is 1. The van der Waals surface area contributed by atoms with Crippen molar-refractivity contribution in [3.8, 4) is 0 Å². The van der Waals surface area contributed by atoms with E-state index in [1.807, 2.05) is 0 Å². The van der Waals surface area contributed by atoms with E-state index in [0.29, 0.717) is 35.2 Å². The molecule has 7 nitrogen and oxygen atoms in total. The Morgan fingerprint density at radius 3 is 2.83 bits per heavy atom. The SMILES string of the molecule is CC1=NC(C)=C(C(=O)OCC2CC2)C(c2cccc([N+](=O)[O-])c2)N1. The summed E-state index contributed by atoms with van der Waals surface area (Å²) in [5.41, 5.74) is 1.60. The zero-order chi connectivity index (χ0) is 17.3. The van der Waals surface area contributed by atoms with Crippen molar-refractivity contribution >= 4 is 17.5 Å². The van der Waals surface area contributed by atoms with Gasteiger partial charge >= 0.3 is 5.97 Å². The van der Waals surface area contributed by atoms with E-state index in [1.54, 1.807) is 26.0 Å². The fraction of sp³-hybridized carbons (Fsp3) is 0.412. The number of hydrogen-bond acceptors (Lipinski definition) is 6. The lowest BCUT2D eigenvalue weighted by atomic mass is 9.95. The molecule has 2 aliphatic rings. The van der Waals surface area contributed by atoms with Crippen LogP contribution in [0.25, 0.3) is 0 Å². The Morgan fingerprint density at radius 2 is 2.17 bits per heavy atom. The summed E-state index contributed by atoms with van der Waals surface area (Å²) in [6, 6.07) is 5.75. The third-order valence-corrected chi connectivity index (χ3v) is 4.15.